The van der Waals surface area contributed by atoms with Crippen LogP contribution in [0.5, 0.6) is 11.5 Å². The van der Waals surface area contributed by atoms with Crippen molar-refractivity contribution >= 4 is 27.8 Å². The summed E-state index contributed by atoms with van der Waals surface area (Å²) >= 11 is 0. The SMILES string of the molecule is COc1cc(/C=N\NC(=O)C[C@H](NS(=O)(=O)c2ccc(C)cc2)c2ccccc2)cc([N+](=O)[O-])c1O. The molecule has 0 spiro atoms. The lowest BCUT2D eigenvalue weighted by Gasteiger charge is -2.18. The van der Waals surface area contributed by atoms with E-state index in [-0.39, 0.29) is 22.6 Å². The van der Waals surface area contributed by atoms with E-state index in [1.807, 2.05) is 6.92 Å². The maximum Gasteiger partial charge on any atom is 0.315 e. The molecule has 11 nitrogen and oxygen atoms in total. The van der Waals surface area contributed by atoms with Crippen LogP contribution in [-0.2, 0) is 14.8 Å². The molecule has 0 aliphatic carbocycles. The number of ether oxygens (including phenoxy) is 1. The van der Waals surface area contributed by atoms with Gasteiger partial charge in [0, 0.05) is 18.1 Å². The first kappa shape index (κ1) is 26.3. The molecule has 12 heteroatoms. The van der Waals surface area contributed by atoms with Gasteiger partial charge in [0.2, 0.25) is 21.7 Å². The third-order valence-corrected chi connectivity index (χ3v) is 6.60. The van der Waals surface area contributed by atoms with Gasteiger partial charge in [-0.2, -0.15) is 5.10 Å². The number of hydrazone groups is 1. The number of sulfonamides is 1. The molecular weight excluding hydrogens is 488 g/mol. The van der Waals surface area contributed by atoms with Crippen LogP contribution >= 0.6 is 0 Å². The summed E-state index contributed by atoms with van der Waals surface area (Å²) in [6.45, 7) is 1.84. The topological polar surface area (TPSA) is 160 Å². The molecule has 0 heterocycles. The molecular formula is C24H24N4O7S. The van der Waals surface area contributed by atoms with E-state index >= 15 is 0 Å². The highest BCUT2D eigenvalue weighted by molar-refractivity contribution is 7.89. The molecule has 3 aromatic rings. The van der Waals surface area contributed by atoms with Gasteiger partial charge in [0.15, 0.2) is 5.75 Å². The predicted molar refractivity (Wildman–Crippen MR) is 132 cm³/mol. The van der Waals surface area contributed by atoms with Crippen LogP contribution in [0.15, 0.2) is 76.7 Å². The number of amides is 1. The number of phenols is 1. The molecule has 3 N–H and O–H groups in total. The molecule has 0 saturated carbocycles. The van der Waals surface area contributed by atoms with Crippen LogP contribution in [-0.4, -0.2) is 37.7 Å². The fraction of sp³-hybridized carbons (Fsp3) is 0.167. The lowest BCUT2D eigenvalue weighted by molar-refractivity contribution is -0.386. The molecule has 0 aromatic heterocycles. The standard InChI is InChI=1S/C24H24N4O7S/c1-16-8-10-19(11-9-16)36(33,34)27-20(18-6-4-3-5-7-18)14-23(29)26-25-15-17-12-21(28(31)32)24(30)22(13-17)35-2/h3-13,15,20,27,30H,14H2,1-2H3,(H,26,29)/b25-15-/t20-/m0/s1. The number of nitro groups is 1. The lowest BCUT2D eigenvalue weighted by atomic mass is 10.0. The minimum Gasteiger partial charge on any atom is -0.500 e. The second-order valence-corrected chi connectivity index (χ2v) is 9.46. The Balaban J connectivity index is 1.77. The maximum atomic E-state index is 12.9. The number of nitrogens with one attached hydrogen (secondary N) is 2. The van der Waals surface area contributed by atoms with E-state index in [9.17, 15) is 28.4 Å². The van der Waals surface area contributed by atoms with Crippen molar-refractivity contribution in [1.29, 1.82) is 0 Å². The molecule has 1 atom stereocenters. The Kier molecular flexibility index (Phi) is 8.35. The van der Waals surface area contributed by atoms with Gasteiger partial charge in [0.1, 0.15) is 0 Å². The summed E-state index contributed by atoms with van der Waals surface area (Å²) in [5, 5.41) is 24.8. The maximum absolute atomic E-state index is 12.9. The van der Waals surface area contributed by atoms with Crippen molar-refractivity contribution in [2.24, 2.45) is 5.10 Å². The molecule has 0 aliphatic heterocycles. The molecule has 0 bridgehead atoms. The van der Waals surface area contributed by atoms with Gasteiger partial charge >= 0.3 is 5.69 Å². The summed E-state index contributed by atoms with van der Waals surface area (Å²) in [4.78, 5) is 23.0. The number of nitro benzene ring substituents is 1. The summed E-state index contributed by atoms with van der Waals surface area (Å²) in [5.41, 5.74) is 3.37. The zero-order chi connectivity index (χ0) is 26.3. The highest BCUT2D eigenvalue weighted by Gasteiger charge is 2.24. The molecule has 36 heavy (non-hydrogen) atoms. The van der Waals surface area contributed by atoms with Crippen molar-refractivity contribution < 1.29 is 28.0 Å². The van der Waals surface area contributed by atoms with Crippen LogP contribution in [0.25, 0.3) is 0 Å². The number of benzene rings is 3. The number of carbonyl (C=O) groups is 1. The van der Waals surface area contributed by atoms with Crippen LogP contribution < -0.4 is 14.9 Å². The number of hydrogen-bond donors (Lipinski definition) is 3. The molecule has 0 aliphatic rings. The van der Waals surface area contributed by atoms with Crippen LogP contribution in [0.3, 0.4) is 0 Å². The molecule has 0 saturated heterocycles. The van der Waals surface area contributed by atoms with Gasteiger partial charge in [-0.25, -0.2) is 18.6 Å². The molecule has 0 radical (unpaired) electrons. The second-order valence-electron chi connectivity index (χ2n) is 7.74. The second kappa shape index (κ2) is 11.4. The highest BCUT2D eigenvalue weighted by Crippen LogP contribution is 2.36. The Bertz CT molecular complexity index is 1380. The number of aromatic hydroxyl groups is 1. The average Bonchev–Trinajstić information content (AvgIpc) is 2.85. The number of carbonyl (C=O) groups excluding carboxylic acids is 1. The van der Waals surface area contributed by atoms with E-state index in [1.165, 1.54) is 25.3 Å². The van der Waals surface area contributed by atoms with E-state index in [4.69, 9.17) is 4.74 Å². The van der Waals surface area contributed by atoms with Gasteiger partial charge in [0.05, 0.1) is 29.2 Å². The predicted octanol–water partition coefficient (Wildman–Crippen LogP) is 3.18. The largest absolute Gasteiger partial charge is 0.500 e. The highest BCUT2D eigenvalue weighted by atomic mass is 32.2. The van der Waals surface area contributed by atoms with Crippen molar-refractivity contribution in [1.82, 2.24) is 10.1 Å². The van der Waals surface area contributed by atoms with Gasteiger partial charge in [-0.15, -0.1) is 0 Å². The molecule has 3 aromatic carbocycles. The van der Waals surface area contributed by atoms with Crippen molar-refractivity contribution in [2.75, 3.05) is 7.11 Å². The van der Waals surface area contributed by atoms with E-state index in [0.29, 0.717) is 5.56 Å². The molecule has 3 rings (SSSR count). The van der Waals surface area contributed by atoms with Gasteiger partial charge in [-0.05, 0) is 30.7 Å². The fourth-order valence-corrected chi connectivity index (χ4v) is 4.50. The Morgan fingerprint density at radius 2 is 1.83 bits per heavy atom. The first-order chi connectivity index (χ1) is 17.1. The van der Waals surface area contributed by atoms with Crippen LogP contribution in [0.2, 0.25) is 0 Å². The quantitative estimate of drug-likeness (QED) is 0.214. The first-order valence-electron chi connectivity index (χ1n) is 10.6. The van der Waals surface area contributed by atoms with E-state index < -0.39 is 38.3 Å². The van der Waals surface area contributed by atoms with Gasteiger partial charge < -0.3 is 9.84 Å². The summed E-state index contributed by atoms with van der Waals surface area (Å²) in [5.74, 6) is -1.37. The summed E-state index contributed by atoms with van der Waals surface area (Å²) in [7, 11) is -2.69. The lowest BCUT2D eigenvalue weighted by Crippen LogP contribution is -2.32. The van der Waals surface area contributed by atoms with Gasteiger partial charge in [0.25, 0.3) is 0 Å². The van der Waals surface area contributed by atoms with Crippen molar-refractivity contribution in [3.63, 3.8) is 0 Å². The zero-order valence-electron chi connectivity index (χ0n) is 19.4. The van der Waals surface area contributed by atoms with E-state index in [0.717, 1.165) is 17.8 Å². The minimum absolute atomic E-state index is 0.0651. The number of methoxy groups -OCH3 is 1. The first-order valence-corrected chi connectivity index (χ1v) is 12.1. The minimum atomic E-state index is -3.93. The smallest absolute Gasteiger partial charge is 0.315 e. The van der Waals surface area contributed by atoms with E-state index in [2.05, 4.69) is 15.2 Å². The summed E-state index contributed by atoms with van der Waals surface area (Å²) < 4.78 is 33.3. The Morgan fingerprint density at radius 1 is 1.17 bits per heavy atom. The third-order valence-electron chi connectivity index (χ3n) is 5.12. The van der Waals surface area contributed by atoms with Gasteiger partial charge in [-0.3, -0.25) is 14.9 Å². The number of nitrogens with zero attached hydrogens (tertiary/aromatic N) is 2. The van der Waals surface area contributed by atoms with Crippen LogP contribution in [0, 0.1) is 17.0 Å². The Labute approximate surface area is 207 Å². The summed E-state index contributed by atoms with van der Waals surface area (Å²) in [6, 6.07) is 16.4. The Hall–Kier alpha value is -4.29. The number of rotatable bonds is 10. The third kappa shape index (κ3) is 6.64. The average molecular weight is 513 g/mol. The summed E-state index contributed by atoms with van der Waals surface area (Å²) in [6.07, 6.45) is 0.867. The van der Waals surface area contributed by atoms with Gasteiger partial charge in [-0.1, -0.05) is 48.0 Å². The molecule has 0 fully saturated rings. The normalized spacial score (nSPS) is 12.3. The van der Waals surface area contributed by atoms with Crippen molar-refractivity contribution in [2.45, 2.75) is 24.3 Å². The van der Waals surface area contributed by atoms with Crippen LogP contribution in [0.1, 0.15) is 29.2 Å². The monoisotopic (exact) mass is 512 g/mol. The van der Waals surface area contributed by atoms with E-state index in [1.54, 1.807) is 42.5 Å². The van der Waals surface area contributed by atoms with Crippen molar-refractivity contribution in [3.05, 3.63) is 93.5 Å². The molecule has 0 unspecified atom stereocenters. The fourth-order valence-electron chi connectivity index (χ4n) is 3.28. The number of hydrogen-bond acceptors (Lipinski definition) is 8. The number of aryl methyl sites for hydroxylation is 1. The zero-order valence-corrected chi connectivity index (χ0v) is 20.2. The van der Waals surface area contributed by atoms with Crippen molar-refractivity contribution in [3.8, 4) is 11.5 Å². The number of phenolic OH excluding ortho intramolecular Hbond substituents is 1. The molecule has 1 amide bonds. The Morgan fingerprint density at radius 3 is 2.44 bits per heavy atom. The molecule has 188 valence electrons. The van der Waals surface area contributed by atoms with Crippen LogP contribution in [0.4, 0.5) is 5.69 Å².